The lowest BCUT2D eigenvalue weighted by Crippen LogP contribution is -2.37. The summed E-state index contributed by atoms with van der Waals surface area (Å²) in [4.78, 5) is 40.7. The van der Waals surface area contributed by atoms with E-state index in [0.717, 1.165) is 0 Å². The third-order valence-electron chi connectivity index (χ3n) is 4.83. The number of anilines is 2. The highest BCUT2D eigenvalue weighted by Gasteiger charge is 2.34. The van der Waals surface area contributed by atoms with Crippen LogP contribution in [0, 0.1) is 12.7 Å². The van der Waals surface area contributed by atoms with E-state index in [1.807, 2.05) is 19.0 Å². The van der Waals surface area contributed by atoms with Crippen LogP contribution in [0.3, 0.4) is 0 Å². The summed E-state index contributed by atoms with van der Waals surface area (Å²) in [5.74, 6) is -0.711. The van der Waals surface area contributed by atoms with Crippen molar-refractivity contribution in [2.45, 2.75) is 19.4 Å². The number of nitrogens with one attached hydrogen (secondary N) is 1. The van der Waals surface area contributed by atoms with Crippen molar-refractivity contribution < 1.29 is 14.0 Å². The maximum atomic E-state index is 14.2. The molecule has 1 aliphatic heterocycles. The van der Waals surface area contributed by atoms with Crippen molar-refractivity contribution in [1.29, 1.82) is 0 Å². The van der Waals surface area contributed by atoms with Crippen LogP contribution in [0.1, 0.15) is 22.6 Å². The van der Waals surface area contributed by atoms with Gasteiger partial charge in [-0.3, -0.25) is 19.4 Å². The highest BCUT2D eigenvalue weighted by atomic mass is 19.1. The molecule has 1 N–H and O–H groups in total. The van der Waals surface area contributed by atoms with E-state index in [-0.39, 0.29) is 29.0 Å². The summed E-state index contributed by atoms with van der Waals surface area (Å²) in [5.41, 5.74) is 1.19. The molecule has 2 amide bonds. The fourth-order valence-electron chi connectivity index (χ4n) is 3.39. The van der Waals surface area contributed by atoms with E-state index in [9.17, 15) is 14.0 Å². The van der Waals surface area contributed by atoms with Crippen LogP contribution < -0.4 is 10.2 Å². The smallest absolute Gasteiger partial charge is 0.275 e. The predicted octanol–water partition coefficient (Wildman–Crippen LogP) is 1.49. The normalized spacial score (nSPS) is 16.8. The van der Waals surface area contributed by atoms with Crippen molar-refractivity contribution in [2.75, 3.05) is 30.9 Å². The van der Waals surface area contributed by atoms with Gasteiger partial charge in [-0.2, -0.15) is 0 Å². The van der Waals surface area contributed by atoms with Crippen molar-refractivity contribution in [3.05, 3.63) is 48.1 Å². The maximum Gasteiger partial charge on any atom is 0.275 e. The van der Waals surface area contributed by atoms with Crippen molar-refractivity contribution in [3.63, 3.8) is 0 Å². The molecule has 3 aromatic rings. The fraction of sp³-hybridized carbons (Fsp3) is 0.316. The Balaban J connectivity index is 1.49. The van der Waals surface area contributed by atoms with Gasteiger partial charge in [-0.1, -0.05) is 0 Å². The largest absolute Gasteiger partial charge is 0.319 e. The summed E-state index contributed by atoms with van der Waals surface area (Å²) in [7, 11) is 3.72. The van der Waals surface area contributed by atoms with Crippen LogP contribution in [0.25, 0.3) is 5.65 Å². The number of aryl methyl sites for hydroxylation is 1. The Labute approximate surface area is 166 Å². The lowest BCUT2D eigenvalue weighted by Gasteiger charge is -2.19. The van der Waals surface area contributed by atoms with Crippen LogP contribution in [0.4, 0.5) is 15.9 Å². The van der Waals surface area contributed by atoms with E-state index in [2.05, 4.69) is 20.3 Å². The molecule has 4 heterocycles. The minimum absolute atomic E-state index is 0.0408. The molecule has 3 aromatic heterocycles. The SMILES string of the molecule is Cc1cn2cc(NC(=O)c3cnc(N4CCC(N(C)C)C4=O)cn3)cc(F)c2n1. The Morgan fingerprint density at radius 1 is 1.28 bits per heavy atom. The van der Waals surface area contributed by atoms with Crippen LogP contribution in [-0.4, -0.2) is 62.7 Å². The number of amides is 2. The number of hydrogen-bond acceptors (Lipinski definition) is 6. The first-order valence-corrected chi connectivity index (χ1v) is 9.09. The van der Waals surface area contributed by atoms with Gasteiger partial charge in [0, 0.05) is 25.0 Å². The lowest BCUT2D eigenvalue weighted by molar-refractivity contribution is -0.120. The summed E-state index contributed by atoms with van der Waals surface area (Å²) in [6.45, 7) is 2.30. The molecular formula is C19H20FN7O2. The monoisotopic (exact) mass is 397 g/mol. The first-order chi connectivity index (χ1) is 13.8. The molecule has 0 aliphatic carbocycles. The van der Waals surface area contributed by atoms with Crippen LogP contribution in [0.5, 0.6) is 0 Å². The number of imidazole rings is 1. The van der Waals surface area contributed by atoms with Crippen LogP contribution in [-0.2, 0) is 4.79 Å². The van der Waals surface area contributed by atoms with Gasteiger partial charge in [0.15, 0.2) is 17.3 Å². The first kappa shape index (κ1) is 18.9. The van der Waals surface area contributed by atoms with Gasteiger partial charge in [-0.25, -0.2) is 19.3 Å². The summed E-state index contributed by atoms with van der Waals surface area (Å²) in [5, 5.41) is 2.60. The molecule has 0 saturated carbocycles. The van der Waals surface area contributed by atoms with Crippen LogP contribution >= 0.6 is 0 Å². The van der Waals surface area contributed by atoms with Gasteiger partial charge in [0.25, 0.3) is 5.91 Å². The number of likely N-dealkylation sites (N-methyl/N-ethyl adjacent to an activating group) is 1. The zero-order valence-corrected chi connectivity index (χ0v) is 16.3. The highest BCUT2D eigenvalue weighted by Crippen LogP contribution is 2.21. The lowest BCUT2D eigenvalue weighted by atomic mass is 10.2. The van der Waals surface area contributed by atoms with E-state index in [4.69, 9.17) is 0 Å². The molecule has 10 heteroatoms. The predicted molar refractivity (Wildman–Crippen MR) is 104 cm³/mol. The average molecular weight is 397 g/mol. The standard InChI is InChI=1S/C19H20FN7O2/c1-11-9-26-10-12(6-13(20)17(26)23-11)24-18(28)14-7-22-16(8-21-14)27-5-4-15(19(27)29)25(2)3/h6-10,15H,4-5H2,1-3H3,(H,24,28). The third-order valence-corrected chi connectivity index (χ3v) is 4.83. The van der Waals surface area contributed by atoms with E-state index >= 15 is 0 Å². The Kier molecular flexibility index (Phi) is 4.71. The van der Waals surface area contributed by atoms with Gasteiger partial charge in [0.2, 0.25) is 5.91 Å². The number of pyridine rings is 1. The third kappa shape index (κ3) is 3.54. The number of hydrogen-bond donors (Lipinski definition) is 1. The van der Waals surface area contributed by atoms with Crippen LogP contribution in [0.2, 0.25) is 0 Å². The molecule has 9 nitrogen and oxygen atoms in total. The summed E-state index contributed by atoms with van der Waals surface area (Å²) < 4.78 is 15.7. The highest BCUT2D eigenvalue weighted by molar-refractivity contribution is 6.03. The number of rotatable bonds is 4. The molecule has 0 aromatic carbocycles. The topological polar surface area (TPSA) is 95.7 Å². The van der Waals surface area contributed by atoms with Gasteiger partial charge in [-0.05, 0) is 27.4 Å². The van der Waals surface area contributed by atoms with Crippen molar-refractivity contribution >= 4 is 29.0 Å². The van der Waals surface area contributed by atoms with Crippen molar-refractivity contribution in [1.82, 2.24) is 24.3 Å². The van der Waals surface area contributed by atoms with E-state index in [1.54, 1.807) is 24.2 Å². The molecule has 1 unspecified atom stereocenters. The average Bonchev–Trinajstić information content (AvgIpc) is 3.24. The van der Waals surface area contributed by atoms with Gasteiger partial charge in [0.05, 0.1) is 29.8 Å². The minimum Gasteiger partial charge on any atom is -0.319 e. The molecule has 4 rings (SSSR count). The quantitative estimate of drug-likeness (QED) is 0.717. The van der Waals surface area contributed by atoms with E-state index < -0.39 is 11.7 Å². The fourth-order valence-corrected chi connectivity index (χ4v) is 3.39. The number of fused-ring (bicyclic) bond motifs is 1. The Morgan fingerprint density at radius 3 is 2.72 bits per heavy atom. The zero-order chi connectivity index (χ0) is 20.7. The molecule has 29 heavy (non-hydrogen) atoms. The van der Waals surface area contributed by atoms with Gasteiger partial charge >= 0.3 is 0 Å². The van der Waals surface area contributed by atoms with Crippen LogP contribution in [0.15, 0.2) is 30.9 Å². The number of halogens is 1. The molecule has 150 valence electrons. The van der Waals surface area contributed by atoms with Crippen molar-refractivity contribution in [3.8, 4) is 0 Å². The summed E-state index contributed by atoms with van der Waals surface area (Å²) in [6, 6.07) is 1.02. The Bertz CT molecular complexity index is 1090. The maximum absolute atomic E-state index is 14.2. The minimum atomic E-state index is -0.541. The second-order valence-electron chi connectivity index (χ2n) is 7.16. The molecule has 1 aliphatic rings. The molecule has 1 fully saturated rings. The number of carbonyl (C=O) groups excluding carboxylic acids is 2. The molecule has 1 saturated heterocycles. The Hall–Kier alpha value is -3.40. The molecular weight excluding hydrogens is 377 g/mol. The molecule has 0 radical (unpaired) electrons. The van der Waals surface area contributed by atoms with E-state index in [0.29, 0.717) is 24.5 Å². The van der Waals surface area contributed by atoms with Crippen molar-refractivity contribution in [2.24, 2.45) is 0 Å². The summed E-state index contributed by atoms with van der Waals surface area (Å²) >= 11 is 0. The zero-order valence-electron chi connectivity index (χ0n) is 16.3. The molecule has 1 atom stereocenters. The first-order valence-electron chi connectivity index (χ1n) is 9.09. The number of carbonyl (C=O) groups is 2. The number of nitrogens with zero attached hydrogens (tertiary/aromatic N) is 6. The second kappa shape index (κ2) is 7.21. The van der Waals surface area contributed by atoms with Gasteiger partial charge < -0.3 is 9.72 Å². The van der Waals surface area contributed by atoms with Gasteiger partial charge in [0.1, 0.15) is 5.69 Å². The molecule has 0 spiro atoms. The van der Waals surface area contributed by atoms with E-state index in [1.165, 1.54) is 22.9 Å². The summed E-state index contributed by atoms with van der Waals surface area (Å²) in [6.07, 6.45) is 6.64. The molecule has 0 bridgehead atoms. The van der Waals surface area contributed by atoms with Gasteiger partial charge in [-0.15, -0.1) is 0 Å². The number of aromatic nitrogens is 4. The second-order valence-corrected chi connectivity index (χ2v) is 7.16. The Morgan fingerprint density at radius 2 is 2.07 bits per heavy atom.